The molecule has 0 atom stereocenters. The minimum Gasteiger partial charge on any atom is -0.497 e. The number of aliphatic imine (C=N–C) groups is 1. The molecule has 0 unspecified atom stereocenters. The number of likely N-dealkylation sites (tertiary alicyclic amines) is 1. The predicted octanol–water partition coefficient (Wildman–Crippen LogP) is 6.62. The Kier molecular flexibility index (Phi) is 6.42. The van der Waals surface area contributed by atoms with Crippen molar-refractivity contribution in [2.45, 2.75) is 25.4 Å². The summed E-state index contributed by atoms with van der Waals surface area (Å²) in [4.78, 5) is 14.1. The highest BCUT2D eigenvalue weighted by Gasteiger charge is 2.37. The second-order valence-corrected chi connectivity index (χ2v) is 10.8. The number of aromatic amines is 2. The summed E-state index contributed by atoms with van der Waals surface area (Å²) in [7, 11) is 1.51. The van der Waals surface area contributed by atoms with Crippen LogP contribution in [0.2, 0.25) is 0 Å². The molecule has 42 heavy (non-hydrogen) atoms. The Labute approximate surface area is 239 Å². The molecule has 212 valence electrons. The predicted molar refractivity (Wildman–Crippen MR) is 156 cm³/mol. The molecule has 0 radical (unpaired) electrons. The van der Waals surface area contributed by atoms with Gasteiger partial charge in [-0.15, -0.1) is 0 Å². The molecule has 2 aliphatic heterocycles. The second kappa shape index (κ2) is 10.3. The number of pyridine rings is 1. The fraction of sp³-hybridized carbons (Fsp3) is 0.219. The highest BCUT2D eigenvalue weighted by Crippen LogP contribution is 2.36. The lowest BCUT2D eigenvalue weighted by Crippen LogP contribution is -2.24. The molecule has 0 aliphatic carbocycles. The highest BCUT2D eigenvalue weighted by molar-refractivity contribution is 5.98. The molecule has 1 saturated heterocycles. The summed E-state index contributed by atoms with van der Waals surface area (Å²) in [6.45, 7) is 1.02. The van der Waals surface area contributed by atoms with E-state index in [0.717, 1.165) is 55.8 Å². The van der Waals surface area contributed by atoms with Crippen molar-refractivity contribution >= 4 is 22.7 Å². The topological polar surface area (TPSA) is 82.2 Å². The highest BCUT2D eigenvalue weighted by atomic mass is 19.3. The van der Waals surface area contributed by atoms with Crippen molar-refractivity contribution in [1.82, 2.24) is 25.1 Å². The zero-order chi connectivity index (χ0) is 28.8. The van der Waals surface area contributed by atoms with Gasteiger partial charge in [0.2, 0.25) is 0 Å². The third-order valence-corrected chi connectivity index (χ3v) is 7.80. The molecule has 2 aromatic carbocycles. The minimum atomic E-state index is -2.63. The average Bonchev–Trinajstić information content (AvgIpc) is 3.65. The Morgan fingerprint density at radius 2 is 1.93 bits per heavy atom. The first kappa shape index (κ1) is 26.2. The number of H-pyrrole nitrogens is 2. The number of hydrogen-bond donors (Lipinski definition) is 2. The molecular weight excluding hydrogens is 541 g/mol. The van der Waals surface area contributed by atoms with Gasteiger partial charge in [-0.2, -0.15) is 5.10 Å². The first-order valence-electron chi connectivity index (χ1n) is 13.7. The van der Waals surface area contributed by atoms with Crippen LogP contribution in [0.15, 0.2) is 72.0 Å². The number of benzene rings is 2. The Morgan fingerprint density at radius 1 is 1.02 bits per heavy atom. The number of nitrogens with one attached hydrogen (secondary N) is 2. The molecule has 2 aliphatic rings. The van der Waals surface area contributed by atoms with Gasteiger partial charge in [-0.25, -0.2) is 13.2 Å². The van der Waals surface area contributed by atoms with E-state index in [0.29, 0.717) is 30.9 Å². The van der Waals surface area contributed by atoms with E-state index in [1.165, 1.54) is 19.2 Å². The molecule has 10 heteroatoms. The van der Waals surface area contributed by atoms with Crippen molar-refractivity contribution in [3.05, 3.63) is 95.2 Å². The number of methoxy groups -OCH3 is 1. The Hall–Kier alpha value is -4.70. The van der Waals surface area contributed by atoms with E-state index in [2.05, 4.69) is 31.2 Å². The van der Waals surface area contributed by atoms with Crippen LogP contribution in [0.1, 0.15) is 28.8 Å². The fourth-order valence-electron chi connectivity index (χ4n) is 5.77. The van der Waals surface area contributed by atoms with Gasteiger partial charge in [0.1, 0.15) is 17.3 Å². The van der Waals surface area contributed by atoms with Gasteiger partial charge in [0.05, 0.1) is 31.4 Å². The van der Waals surface area contributed by atoms with E-state index in [-0.39, 0.29) is 18.8 Å². The van der Waals surface area contributed by atoms with Crippen LogP contribution in [-0.2, 0) is 13.1 Å². The lowest BCUT2D eigenvalue weighted by molar-refractivity contribution is 0.0115. The number of hydrogen-bond acceptors (Lipinski definition) is 5. The maximum Gasteiger partial charge on any atom is 0.261 e. The quantitative estimate of drug-likeness (QED) is 0.241. The van der Waals surface area contributed by atoms with E-state index in [9.17, 15) is 13.2 Å². The molecule has 0 bridgehead atoms. The first-order valence-corrected chi connectivity index (χ1v) is 13.7. The number of rotatable bonds is 6. The Bertz CT molecular complexity index is 1870. The molecule has 0 amide bonds. The second-order valence-electron chi connectivity index (χ2n) is 10.8. The summed E-state index contributed by atoms with van der Waals surface area (Å²) in [5.41, 5.74) is 8.45. The Balaban J connectivity index is 1.23. The summed E-state index contributed by atoms with van der Waals surface area (Å²) in [5, 5.41) is 8.65. The van der Waals surface area contributed by atoms with Crippen molar-refractivity contribution in [3.63, 3.8) is 0 Å². The Morgan fingerprint density at radius 3 is 2.76 bits per heavy atom. The number of aromatic nitrogens is 4. The third-order valence-electron chi connectivity index (χ3n) is 7.80. The van der Waals surface area contributed by atoms with Crippen LogP contribution in [-0.4, -0.2) is 57.4 Å². The van der Waals surface area contributed by atoms with Crippen LogP contribution in [0.4, 0.5) is 13.2 Å². The smallest absolute Gasteiger partial charge is 0.261 e. The van der Waals surface area contributed by atoms with E-state index < -0.39 is 5.92 Å². The number of ether oxygens (including phenoxy) is 1. The maximum absolute atomic E-state index is 14.4. The molecule has 7 nitrogen and oxygen atoms in total. The van der Waals surface area contributed by atoms with Crippen LogP contribution in [0, 0.1) is 5.82 Å². The lowest BCUT2D eigenvalue weighted by Gasteiger charge is -2.15. The van der Waals surface area contributed by atoms with Crippen molar-refractivity contribution in [3.8, 4) is 28.3 Å². The molecule has 0 saturated carbocycles. The van der Waals surface area contributed by atoms with Crippen LogP contribution >= 0.6 is 0 Å². The van der Waals surface area contributed by atoms with Crippen LogP contribution in [0.3, 0.4) is 0 Å². The first-order chi connectivity index (χ1) is 20.3. The summed E-state index contributed by atoms with van der Waals surface area (Å²) < 4.78 is 47.1. The average molecular weight is 569 g/mol. The summed E-state index contributed by atoms with van der Waals surface area (Å²) in [6, 6.07) is 14.7. The zero-order valence-corrected chi connectivity index (χ0v) is 22.8. The number of nitrogens with zero attached hydrogens (tertiary/aromatic N) is 4. The summed E-state index contributed by atoms with van der Waals surface area (Å²) >= 11 is 0. The van der Waals surface area contributed by atoms with Crippen LogP contribution in [0.5, 0.6) is 5.75 Å². The van der Waals surface area contributed by atoms with Crippen molar-refractivity contribution in [2.75, 3.05) is 20.2 Å². The third kappa shape index (κ3) is 4.98. The van der Waals surface area contributed by atoms with E-state index in [1.807, 2.05) is 30.3 Å². The number of allylic oxidation sites excluding steroid dienone is 1. The standard InChI is InChI=1S/C32H27F3N6O/c1-42-24-10-21(9-23(33)12-24)25-4-6-36-16-30-26(25)13-29(38-30)31-27-11-20(2-3-28(27)39-40-31)22-8-19(14-37-15-22)17-41-7-5-32(34,35)18-41/h2-4,6,8-15,38H,5,7,16-18H2,1H3,(H,39,40). The molecule has 0 spiro atoms. The van der Waals surface area contributed by atoms with Gasteiger partial charge < -0.3 is 9.72 Å². The van der Waals surface area contributed by atoms with Gasteiger partial charge in [0.25, 0.3) is 5.92 Å². The molecule has 7 rings (SSSR count). The molecular formula is C32H27F3N6O. The van der Waals surface area contributed by atoms with Gasteiger partial charge >= 0.3 is 0 Å². The van der Waals surface area contributed by atoms with Gasteiger partial charge in [-0.05, 0) is 64.7 Å². The molecule has 1 fully saturated rings. The molecule has 2 N–H and O–H groups in total. The number of alkyl halides is 2. The molecule has 5 aromatic rings. The van der Waals surface area contributed by atoms with Gasteiger partial charge in [0.15, 0.2) is 0 Å². The number of fused-ring (bicyclic) bond motifs is 2. The normalized spacial score (nSPS) is 16.4. The van der Waals surface area contributed by atoms with Crippen molar-refractivity contribution in [2.24, 2.45) is 4.99 Å². The van der Waals surface area contributed by atoms with Crippen molar-refractivity contribution < 1.29 is 17.9 Å². The minimum absolute atomic E-state index is 0.109. The van der Waals surface area contributed by atoms with Gasteiger partial charge in [-0.3, -0.25) is 20.0 Å². The van der Waals surface area contributed by atoms with Gasteiger partial charge in [-0.1, -0.05) is 6.07 Å². The monoisotopic (exact) mass is 568 g/mol. The van der Waals surface area contributed by atoms with Crippen LogP contribution in [0.25, 0.3) is 39.0 Å². The molecule has 5 heterocycles. The van der Waals surface area contributed by atoms with Crippen LogP contribution < -0.4 is 4.74 Å². The lowest BCUT2D eigenvalue weighted by atomic mass is 9.97. The van der Waals surface area contributed by atoms with E-state index >= 15 is 0 Å². The van der Waals surface area contributed by atoms with Gasteiger partial charge in [0, 0.05) is 66.4 Å². The maximum atomic E-state index is 14.4. The summed E-state index contributed by atoms with van der Waals surface area (Å²) in [6.07, 6.45) is 7.01. The zero-order valence-electron chi connectivity index (χ0n) is 22.8. The number of halogens is 3. The van der Waals surface area contributed by atoms with E-state index in [1.54, 1.807) is 29.6 Å². The SMILES string of the molecule is COc1cc(F)cc(C2=CC=NCc3[nH]c(-c4n[nH]c5ccc(-c6cncc(CN7CCC(F)(F)C7)c6)cc45)cc32)c1. The summed E-state index contributed by atoms with van der Waals surface area (Å²) in [5.74, 6) is -2.57. The molecule has 3 aromatic heterocycles. The largest absolute Gasteiger partial charge is 0.497 e. The fourth-order valence-corrected chi connectivity index (χ4v) is 5.77. The van der Waals surface area contributed by atoms with E-state index in [4.69, 9.17) is 4.74 Å². The van der Waals surface area contributed by atoms with Crippen molar-refractivity contribution in [1.29, 1.82) is 0 Å².